The first-order chi connectivity index (χ1) is 6.80. The van der Waals surface area contributed by atoms with Crippen LogP contribution >= 0.6 is 0 Å². The number of phenols is 1. The second-order valence-electron chi connectivity index (χ2n) is 2.70. The fourth-order valence-corrected chi connectivity index (χ4v) is 1.57. The zero-order chi connectivity index (χ0) is 11.6. The van der Waals surface area contributed by atoms with Crippen molar-refractivity contribution in [1.82, 2.24) is 0 Å². The van der Waals surface area contributed by atoms with E-state index < -0.39 is 21.0 Å². The predicted octanol–water partition coefficient (Wildman–Crippen LogP) is -0.352. The maximum absolute atomic E-state index is 10.8. The predicted molar refractivity (Wildman–Crippen MR) is 57.8 cm³/mol. The molecule has 0 heterocycles. The SMILES string of the molecule is CC(=O)Oc1ccc(O)cc1S(=O)(=O)O.[CaH2]. The summed E-state index contributed by atoms with van der Waals surface area (Å²) in [5.74, 6) is -1.42. The van der Waals surface area contributed by atoms with Gasteiger partial charge in [0.1, 0.15) is 10.6 Å². The van der Waals surface area contributed by atoms with Gasteiger partial charge in [0, 0.05) is 13.0 Å². The molecule has 0 aliphatic rings. The van der Waals surface area contributed by atoms with Gasteiger partial charge in [0.15, 0.2) is 5.75 Å². The van der Waals surface area contributed by atoms with Gasteiger partial charge in [-0.2, -0.15) is 8.42 Å². The Morgan fingerprint density at radius 2 is 1.94 bits per heavy atom. The summed E-state index contributed by atoms with van der Waals surface area (Å²) in [5.41, 5.74) is 0. The van der Waals surface area contributed by atoms with E-state index in [0.717, 1.165) is 25.1 Å². The van der Waals surface area contributed by atoms with E-state index in [0.29, 0.717) is 0 Å². The third kappa shape index (κ3) is 4.26. The molecule has 8 heteroatoms. The quantitative estimate of drug-likeness (QED) is 0.331. The van der Waals surface area contributed by atoms with Gasteiger partial charge >= 0.3 is 43.7 Å². The number of hydrogen-bond donors (Lipinski definition) is 2. The Morgan fingerprint density at radius 1 is 1.38 bits per heavy atom. The van der Waals surface area contributed by atoms with Gasteiger partial charge in [-0.25, -0.2) is 0 Å². The van der Waals surface area contributed by atoms with Crippen molar-refractivity contribution in [3.63, 3.8) is 0 Å². The molecule has 1 aromatic rings. The van der Waals surface area contributed by atoms with E-state index in [4.69, 9.17) is 9.66 Å². The van der Waals surface area contributed by atoms with Crippen molar-refractivity contribution in [2.24, 2.45) is 0 Å². The van der Waals surface area contributed by atoms with Gasteiger partial charge in [-0.05, 0) is 12.1 Å². The number of benzene rings is 1. The molecule has 0 aliphatic heterocycles. The molecule has 0 aliphatic carbocycles. The average Bonchev–Trinajstić information content (AvgIpc) is 2.05. The number of phenolic OH excluding ortho intramolecular Hbond substituents is 1. The molecule has 1 rings (SSSR count). The number of ether oxygens (including phenoxy) is 1. The van der Waals surface area contributed by atoms with Crippen LogP contribution in [0.4, 0.5) is 0 Å². The molecule has 0 saturated carbocycles. The van der Waals surface area contributed by atoms with Gasteiger partial charge in [-0.15, -0.1) is 0 Å². The van der Waals surface area contributed by atoms with Crippen molar-refractivity contribution < 1.29 is 27.6 Å². The average molecular weight is 274 g/mol. The molecule has 0 bridgehead atoms. The maximum atomic E-state index is 10.8. The van der Waals surface area contributed by atoms with E-state index in [2.05, 4.69) is 4.74 Å². The number of esters is 1. The Kier molecular flexibility index (Phi) is 5.71. The summed E-state index contributed by atoms with van der Waals surface area (Å²) in [6.45, 7) is 1.08. The summed E-state index contributed by atoms with van der Waals surface area (Å²) in [7, 11) is -4.54. The Bertz CT molecular complexity index is 495. The van der Waals surface area contributed by atoms with E-state index in [1.807, 2.05) is 0 Å². The van der Waals surface area contributed by atoms with Crippen LogP contribution in [0, 0.1) is 0 Å². The topological polar surface area (TPSA) is 101 Å². The summed E-state index contributed by atoms with van der Waals surface area (Å²) in [5, 5.41) is 9.02. The Balaban J connectivity index is 0.00000225. The number of hydrogen-bond acceptors (Lipinski definition) is 5. The molecule has 0 fully saturated rings. The minimum atomic E-state index is -4.54. The van der Waals surface area contributed by atoms with Gasteiger partial charge in [-0.3, -0.25) is 9.35 Å². The van der Waals surface area contributed by atoms with Crippen molar-refractivity contribution in [1.29, 1.82) is 0 Å². The molecular formula is C8H10CaO6S. The fourth-order valence-electron chi connectivity index (χ4n) is 0.938. The standard InChI is InChI=1S/C8H8O6S.Ca.2H/c1-5(9)14-7-3-2-6(10)4-8(7)15(11,12)13;;;/h2-4,10H,1H3,(H,11,12,13);;;. The molecule has 2 N–H and O–H groups in total. The van der Waals surface area contributed by atoms with Crippen LogP contribution in [0.2, 0.25) is 0 Å². The molecule has 0 aromatic heterocycles. The van der Waals surface area contributed by atoms with Crippen LogP contribution in [0.5, 0.6) is 11.5 Å². The van der Waals surface area contributed by atoms with Crippen LogP contribution in [-0.4, -0.2) is 61.8 Å². The minimum absolute atomic E-state index is 0. The first kappa shape index (κ1) is 15.7. The molecule has 1 aromatic carbocycles. The van der Waals surface area contributed by atoms with Crippen LogP contribution in [0.3, 0.4) is 0 Å². The number of rotatable bonds is 2. The molecule has 0 spiro atoms. The van der Waals surface area contributed by atoms with Gasteiger partial charge in [0.2, 0.25) is 0 Å². The molecule has 6 nitrogen and oxygen atoms in total. The van der Waals surface area contributed by atoms with E-state index >= 15 is 0 Å². The first-order valence-electron chi connectivity index (χ1n) is 3.79. The van der Waals surface area contributed by atoms with Gasteiger partial charge in [-0.1, -0.05) is 0 Å². The third-order valence-corrected chi connectivity index (χ3v) is 2.33. The third-order valence-electron chi connectivity index (χ3n) is 1.46. The summed E-state index contributed by atoms with van der Waals surface area (Å²) in [6, 6.07) is 2.99. The summed E-state index contributed by atoms with van der Waals surface area (Å²) < 4.78 is 35.0. The summed E-state index contributed by atoms with van der Waals surface area (Å²) in [4.78, 5) is 9.96. The van der Waals surface area contributed by atoms with Crippen molar-refractivity contribution in [2.45, 2.75) is 11.8 Å². The second-order valence-corrected chi connectivity index (χ2v) is 4.09. The fraction of sp³-hybridized carbons (Fsp3) is 0.125. The van der Waals surface area contributed by atoms with Crippen LogP contribution < -0.4 is 4.74 Å². The van der Waals surface area contributed by atoms with Crippen molar-refractivity contribution in [3.8, 4) is 11.5 Å². The van der Waals surface area contributed by atoms with Gasteiger partial charge in [0.25, 0.3) is 10.1 Å². The van der Waals surface area contributed by atoms with Crippen LogP contribution in [-0.2, 0) is 14.9 Å². The Labute approximate surface area is 122 Å². The molecule has 0 unspecified atom stereocenters. The molecule has 16 heavy (non-hydrogen) atoms. The van der Waals surface area contributed by atoms with Crippen molar-refractivity contribution in [2.75, 3.05) is 0 Å². The number of aromatic hydroxyl groups is 1. The molecule has 86 valence electrons. The van der Waals surface area contributed by atoms with Gasteiger partial charge in [0.05, 0.1) is 0 Å². The summed E-state index contributed by atoms with van der Waals surface area (Å²) in [6.07, 6.45) is 0. The van der Waals surface area contributed by atoms with Gasteiger partial charge < -0.3 is 9.84 Å². The molecule has 0 amide bonds. The first-order valence-corrected chi connectivity index (χ1v) is 5.23. The Hall–Kier alpha value is -0.340. The Morgan fingerprint density at radius 3 is 2.38 bits per heavy atom. The summed E-state index contributed by atoms with van der Waals surface area (Å²) >= 11 is 0. The normalized spacial score (nSPS) is 10.4. The monoisotopic (exact) mass is 274 g/mol. The molecule has 0 saturated heterocycles. The molecular weight excluding hydrogens is 264 g/mol. The van der Waals surface area contributed by atoms with E-state index in [-0.39, 0.29) is 49.2 Å². The number of carbonyl (C=O) groups excluding carboxylic acids is 1. The van der Waals surface area contributed by atoms with Crippen molar-refractivity contribution in [3.05, 3.63) is 18.2 Å². The van der Waals surface area contributed by atoms with E-state index in [1.165, 1.54) is 0 Å². The van der Waals surface area contributed by atoms with Crippen LogP contribution in [0.1, 0.15) is 6.92 Å². The number of carbonyl (C=O) groups is 1. The molecule has 0 atom stereocenters. The zero-order valence-electron chi connectivity index (χ0n) is 7.67. The van der Waals surface area contributed by atoms with Crippen LogP contribution in [0.15, 0.2) is 23.1 Å². The van der Waals surface area contributed by atoms with Crippen LogP contribution in [0.25, 0.3) is 0 Å². The van der Waals surface area contributed by atoms with E-state index in [9.17, 15) is 13.2 Å². The van der Waals surface area contributed by atoms with E-state index in [1.54, 1.807) is 0 Å². The van der Waals surface area contributed by atoms with Crippen molar-refractivity contribution >= 4 is 53.8 Å². The second kappa shape index (κ2) is 5.83. The molecule has 0 radical (unpaired) electrons. The zero-order valence-corrected chi connectivity index (χ0v) is 8.48.